The number of benzene rings is 1. The molecule has 0 aliphatic carbocycles. The van der Waals surface area contributed by atoms with E-state index in [9.17, 15) is 13.2 Å². The van der Waals surface area contributed by atoms with E-state index in [1.165, 1.54) is 6.20 Å². The van der Waals surface area contributed by atoms with Gasteiger partial charge in [0, 0.05) is 6.54 Å². The lowest BCUT2D eigenvalue weighted by Crippen LogP contribution is -2.34. The number of nitrogens with zero attached hydrogens (tertiary/aromatic N) is 2. The smallest absolute Gasteiger partial charge is 0.268 e. The molecule has 0 bridgehead atoms. The number of rotatable bonds is 6. The van der Waals surface area contributed by atoms with E-state index in [4.69, 9.17) is 4.74 Å². The second-order valence-corrected chi connectivity index (χ2v) is 7.44. The van der Waals surface area contributed by atoms with Crippen molar-refractivity contribution in [3.63, 3.8) is 0 Å². The maximum absolute atomic E-state index is 12.2. The lowest BCUT2D eigenvalue weighted by Gasteiger charge is -2.14. The number of aromatic nitrogens is 2. The Morgan fingerprint density at radius 3 is 2.83 bits per heavy atom. The molecule has 128 valence electrons. The van der Waals surface area contributed by atoms with Crippen LogP contribution >= 0.6 is 0 Å². The topological polar surface area (TPSA) is 90.3 Å². The van der Waals surface area contributed by atoms with Crippen molar-refractivity contribution in [3.8, 4) is 5.75 Å². The van der Waals surface area contributed by atoms with Gasteiger partial charge in [0.2, 0.25) is 10.0 Å². The van der Waals surface area contributed by atoms with Crippen LogP contribution in [-0.4, -0.2) is 36.5 Å². The number of hydrogen-bond donors (Lipinski definition) is 1. The number of para-hydroxylation sites is 1. The lowest BCUT2D eigenvalue weighted by atomic mass is 10.1. The van der Waals surface area contributed by atoms with Crippen molar-refractivity contribution in [3.05, 3.63) is 47.8 Å². The third-order valence-electron chi connectivity index (χ3n) is 3.84. The minimum absolute atomic E-state index is 0.0290. The molecule has 0 atom stereocenters. The molecule has 0 saturated carbocycles. The Balaban J connectivity index is 1.58. The van der Waals surface area contributed by atoms with Gasteiger partial charge in [-0.1, -0.05) is 18.2 Å². The van der Waals surface area contributed by atoms with Gasteiger partial charge in [-0.25, -0.2) is 13.1 Å². The van der Waals surface area contributed by atoms with Crippen molar-refractivity contribution < 1.29 is 17.9 Å². The Kier molecular flexibility index (Phi) is 4.84. The largest absolute Gasteiger partial charge is 0.492 e. The van der Waals surface area contributed by atoms with E-state index in [0.29, 0.717) is 11.3 Å². The Labute approximate surface area is 140 Å². The van der Waals surface area contributed by atoms with Gasteiger partial charge in [-0.2, -0.15) is 5.10 Å². The minimum Gasteiger partial charge on any atom is -0.492 e. The van der Waals surface area contributed by atoms with Gasteiger partial charge < -0.3 is 4.74 Å². The van der Waals surface area contributed by atoms with Crippen molar-refractivity contribution in [2.75, 3.05) is 12.4 Å². The van der Waals surface area contributed by atoms with Gasteiger partial charge in [-0.3, -0.25) is 9.48 Å². The summed E-state index contributed by atoms with van der Waals surface area (Å²) in [4.78, 5) is 12.2. The summed E-state index contributed by atoms with van der Waals surface area (Å²) in [5.74, 6) is -0.334. The zero-order valence-electron chi connectivity index (χ0n) is 13.1. The summed E-state index contributed by atoms with van der Waals surface area (Å²) in [5, 5.41) is 4.15. The average Bonchev–Trinajstić information content (AvgIpc) is 2.99. The molecule has 1 aliphatic heterocycles. The van der Waals surface area contributed by atoms with Gasteiger partial charge in [0.1, 0.15) is 18.1 Å². The number of nitrogens with one attached hydrogen (secondary N) is 1. The fourth-order valence-corrected chi connectivity index (χ4v) is 3.44. The Morgan fingerprint density at radius 2 is 2.04 bits per heavy atom. The molecule has 1 N–H and O–H groups in total. The molecule has 2 aromatic rings. The molecular formula is C16H19N3O4S. The van der Waals surface area contributed by atoms with Gasteiger partial charge >= 0.3 is 0 Å². The summed E-state index contributed by atoms with van der Waals surface area (Å²) in [5.41, 5.74) is 1.14. The molecule has 3 rings (SSSR count). The number of aryl methyl sites for hydroxylation is 1. The van der Waals surface area contributed by atoms with Crippen LogP contribution in [0, 0.1) is 0 Å². The third kappa shape index (κ3) is 3.94. The quantitative estimate of drug-likeness (QED) is 0.850. The van der Waals surface area contributed by atoms with Crippen molar-refractivity contribution in [2.45, 2.75) is 25.8 Å². The molecule has 1 aromatic heterocycles. The molecule has 24 heavy (non-hydrogen) atoms. The Bertz CT molecular complexity index is 815. The standard InChI is InChI=1S/C16H19N3O4S/c20-16(14-12-17-19-9-5-4-8-15(14)19)18-24(21,22)11-10-23-13-6-2-1-3-7-13/h1-3,6-7,12H,4-5,8-11H2,(H,18,20). The second kappa shape index (κ2) is 7.04. The normalized spacial score (nSPS) is 14.0. The highest BCUT2D eigenvalue weighted by molar-refractivity contribution is 7.90. The fraction of sp³-hybridized carbons (Fsp3) is 0.375. The number of carbonyl (C=O) groups excluding carboxylic acids is 1. The van der Waals surface area contributed by atoms with Crippen molar-refractivity contribution in [1.29, 1.82) is 0 Å². The van der Waals surface area contributed by atoms with Crippen molar-refractivity contribution >= 4 is 15.9 Å². The summed E-state index contributed by atoms with van der Waals surface area (Å²) >= 11 is 0. The monoisotopic (exact) mass is 349 g/mol. The highest BCUT2D eigenvalue weighted by Crippen LogP contribution is 2.18. The lowest BCUT2D eigenvalue weighted by molar-refractivity contribution is 0.0980. The molecule has 1 aromatic carbocycles. The van der Waals surface area contributed by atoms with Crippen LogP contribution in [0.5, 0.6) is 5.75 Å². The van der Waals surface area contributed by atoms with Crippen LogP contribution < -0.4 is 9.46 Å². The number of amides is 1. The highest BCUT2D eigenvalue weighted by Gasteiger charge is 2.23. The van der Waals surface area contributed by atoms with E-state index in [1.807, 2.05) is 6.07 Å². The minimum atomic E-state index is -3.77. The molecule has 0 unspecified atom stereocenters. The first-order valence-electron chi connectivity index (χ1n) is 7.82. The first kappa shape index (κ1) is 16.5. The summed E-state index contributed by atoms with van der Waals surface area (Å²) < 4.78 is 33.3. The molecule has 1 aliphatic rings. The molecule has 0 spiro atoms. The molecule has 7 nitrogen and oxygen atoms in total. The van der Waals surface area contributed by atoms with Gasteiger partial charge in [0.15, 0.2) is 0 Å². The van der Waals surface area contributed by atoms with Crippen LogP contribution in [0.2, 0.25) is 0 Å². The van der Waals surface area contributed by atoms with Gasteiger partial charge in [0.05, 0.1) is 17.5 Å². The highest BCUT2D eigenvalue weighted by atomic mass is 32.2. The van der Waals surface area contributed by atoms with Gasteiger partial charge in [-0.15, -0.1) is 0 Å². The first-order valence-corrected chi connectivity index (χ1v) is 9.48. The molecule has 0 saturated heterocycles. The van der Waals surface area contributed by atoms with Crippen molar-refractivity contribution in [1.82, 2.24) is 14.5 Å². The zero-order chi connectivity index (χ0) is 17.0. The van der Waals surface area contributed by atoms with Crippen LogP contribution in [0.4, 0.5) is 0 Å². The Hall–Kier alpha value is -2.35. The number of carbonyl (C=O) groups is 1. The summed E-state index contributed by atoms with van der Waals surface area (Å²) in [6.07, 6.45) is 4.17. The number of hydrogen-bond acceptors (Lipinski definition) is 5. The molecule has 0 fully saturated rings. The zero-order valence-corrected chi connectivity index (χ0v) is 14.0. The Morgan fingerprint density at radius 1 is 1.25 bits per heavy atom. The van der Waals surface area contributed by atoms with Crippen LogP contribution in [0.1, 0.15) is 28.9 Å². The molecule has 0 radical (unpaired) electrons. The predicted molar refractivity (Wildman–Crippen MR) is 88.4 cm³/mol. The number of fused-ring (bicyclic) bond motifs is 1. The van der Waals surface area contributed by atoms with E-state index in [1.54, 1.807) is 28.9 Å². The molecule has 2 heterocycles. The van der Waals surface area contributed by atoms with Gasteiger partial charge in [-0.05, 0) is 31.4 Å². The van der Waals surface area contributed by atoms with E-state index >= 15 is 0 Å². The molecule has 8 heteroatoms. The molecule has 1 amide bonds. The average molecular weight is 349 g/mol. The van der Waals surface area contributed by atoms with Gasteiger partial charge in [0.25, 0.3) is 5.91 Å². The number of sulfonamides is 1. The van der Waals surface area contributed by atoms with E-state index in [0.717, 1.165) is 31.5 Å². The van der Waals surface area contributed by atoms with Crippen LogP contribution in [0.3, 0.4) is 0 Å². The van der Waals surface area contributed by atoms with E-state index < -0.39 is 15.9 Å². The number of ether oxygens (including phenoxy) is 1. The van der Waals surface area contributed by atoms with Crippen LogP contribution in [-0.2, 0) is 23.0 Å². The summed E-state index contributed by atoms with van der Waals surface area (Å²) in [6.45, 7) is 0.735. The summed E-state index contributed by atoms with van der Waals surface area (Å²) in [6, 6.07) is 8.93. The second-order valence-electron chi connectivity index (χ2n) is 5.60. The van der Waals surface area contributed by atoms with E-state index in [2.05, 4.69) is 9.82 Å². The molecular weight excluding hydrogens is 330 g/mol. The summed E-state index contributed by atoms with van der Waals surface area (Å²) in [7, 11) is -3.77. The first-order chi connectivity index (χ1) is 11.6. The fourth-order valence-electron chi connectivity index (χ4n) is 2.64. The maximum Gasteiger partial charge on any atom is 0.268 e. The predicted octanol–water partition coefficient (Wildman–Crippen LogP) is 1.36. The van der Waals surface area contributed by atoms with E-state index in [-0.39, 0.29) is 12.4 Å². The van der Waals surface area contributed by atoms with Crippen LogP contribution in [0.25, 0.3) is 0 Å². The van der Waals surface area contributed by atoms with Crippen molar-refractivity contribution in [2.24, 2.45) is 0 Å². The SMILES string of the molecule is O=C(NS(=O)(=O)CCOc1ccccc1)c1cnn2c1CCCC2. The van der Waals surface area contributed by atoms with Crippen LogP contribution in [0.15, 0.2) is 36.5 Å². The maximum atomic E-state index is 12.2. The third-order valence-corrected chi connectivity index (χ3v) is 5.04.